The van der Waals surface area contributed by atoms with Crippen LogP contribution in [0.1, 0.15) is 201 Å². The smallest absolute Gasteiger partial charge is 0.305 e. The molecule has 0 heterocycles. The topological polar surface area (TPSA) is 52.6 Å². The van der Waals surface area contributed by atoms with Crippen LogP contribution in [0.2, 0.25) is 0 Å². The van der Waals surface area contributed by atoms with Crippen LogP contribution in [0.5, 0.6) is 0 Å². The highest BCUT2D eigenvalue weighted by Crippen LogP contribution is 2.15. The summed E-state index contributed by atoms with van der Waals surface area (Å²) >= 11 is 2.05. The second-order valence-corrected chi connectivity index (χ2v) is 14.4. The maximum absolute atomic E-state index is 11.9. The summed E-state index contributed by atoms with van der Waals surface area (Å²) in [5.41, 5.74) is 0. The zero-order valence-electron chi connectivity index (χ0n) is 29.2. The molecule has 4 nitrogen and oxygen atoms in total. The van der Waals surface area contributed by atoms with Crippen molar-refractivity contribution in [3.8, 4) is 0 Å². The fraction of sp³-hybridized carbons (Fsp3) is 0.947. The lowest BCUT2D eigenvalue weighted by Gasteiger charge is -2.06. The molecule has 256 valence electrons. The van der Waals surface area contributed by atoms with Crippen molar-refractivity contribution in [2.45, 2.75) is 201 Å². The number of rotatable bonds is 35. The first kappa shape index (κ1) is 42.3. The van der Waals surface area contributed by atoms with Gasteiger partial charge in [0, 0.05) is 12.8 Å². The van der Waals surface area contributed by atoms with Gasteiger partial charge in [-0.25, -0.2) is 0 Å². The Morgan fingerprint density at radius 3 is 1.23 bits per heavy atom. The van der Waals surface area contributed by atoms with Crippen LogP contribution >= 0.6 is 11.8 Å². The summed E-state index contributed by atoms with van der Waals surface area (Å²) in [7, 11) is 0. The Morgan fingerprint density at radius 2 is 0.814 bits per heavy atom. The van der Waals surface area contributed by atoms with E-state index in [4.69, 9.17) is 9.47 Å². The van der Waals surface area contributed by atoms with Crippen LogP contribution < -0.4 is 0 Å². The van der Waals surface area contributed by atoms with Crippen LogP contribution in [0.4, 0.5) is 0 Å². The Labute approximate surface area is 273 Å². The van der Waals surface area contributed by atoms with E-state index in [0.29, 0.717) is 26.1 Å². The number of carbonyl (C=O) groups excluding carboxylic acids is 2. The van der Waals surface area contributed by atoms with Crippen molar-refractivity contribution >= 4 is 23.7 Å². The maximum Gasteiger partial charge on any atom is 0.305 e. The van der Waals surface area contributed by atoms with Crippen LogP contribution in [0.25, 0.3) is 0 Å². The van der Waals surface area contributed by atoms with E-state index < -0.39 is 0 Å². The van der Waals surface area contributed by atoms with Crippen LogP contribution in [-0.4, -0.2) is 36.7 Å². The van der Waals surface area contributed by atoms with Crippen LogP contribution in [0.15, 0.2) is 0 Å². The van der Waals surface area contributed by atoms with Gasteiger partial charge >= 0.3 is 11.9 Å². The van der Waals surface area contributed by atoms with E-state index >= 15 is 0 Å². The lowest BCUT2D eigenvalue weighted by molar-refractivity contribution is -0.144. The Balaban J connectivity index is 3.22. The van der Waals surface area contributed by atoms with Gasteiger partial charge in [0.1, 0.15) is 0 Å². The zero-order chi connectivity index (χ0) is 31.5. The SMILES string of the molecule is CCCCCCCCCCCCCCOC(=O)CCCCCCSCCCCCCC(=O)OCCCCCCCC(C)C. The highest BCUT2D eigenvalue weighted by molar-refractivity contribution is 7.99. The number of ether oxygens (including phenoxy) is 2. The van der Waals surface area contributed by atoms with Crippen molar-refractivity contribution in [3.05, 3.63) is 0 Å². The van der Waals surface area contributed by atoms with Crippen LogP contribution in [0.3, 0.4) is 0 Å². The predicted molar refractivity (Wildman–Crippen MR) is 189 cm³/mol. The summed E-state index contributed by atoms with van der Waals surface area (Å²) < 4.78 is 10.8. The summed E-state index contributed by atoms with van der Waals surface area (Å²) in [5, 5.41) is 0. The number of unbranched alkanes of at least 4 members (excludes halogenated alkanes) is 21. The van der Waals surface area contributed by atoms with Gasteiger partial charge in [-0.15, -0.1) is 0 Å². The second kappa shape index (κ2) is 35.8. The molecule has 5 heteroatoms. The average molecular weight is 627 g/mol. The summed E-state index contributed by atoms with van der Waals surface area (Å²) in [6.45, 7) is 8.05. The summed E-state index contributed by atoms with van der Waals surface area (Å²) in [5.74, 6) is 3.22. The lowest BCUT2D eigenvalue weighted by atomic mass is 10.0. The third-order valence-corrected chi connectivity index (χ3v) is 9.44. The van der Waals surface area contributed by atoms with E-state index in [0.717, 1.165) is 44.4 Å². The Kier molecular flexibility index (Phi) is 35.2. The first-order chi connectivity index (χ1) is 21.1. The van der Waals surface area contributed by atoms with Gasteiger partial charge in [0.2, 0.25) is 0 Å². The van der Waals surface area contributed by atoms with Gasteiger partial charge in [0.05, 0.1) is 13.2 Å². The molecular formula is C38H74O4S. The lowest BCUT2D eigenvalue weighted by Crippen LogP contribution is -2.05. The molecule has 0 fully saturated rings. The van der Waals surface area contributed by atoms with Crippen molar-refractivity contribution in [1.29, 1.82) is 0 Å². The normalized spacial score (nSPS) is 11.3. The fourth-order valence-electron chi connectivity index (χ4n) is 5.40. The maximum atomic E-state index is 11.9. The van der Waals surface area contributed by atoms with Gasteiger partial charge in [-0.2, -0.15) is 11.8 Å². The molecule has 0 rings (SSSR count). The molecule has 0 saturated carbocycles. The molecule has 43 heavy (non-hydrogen) atoms. The third kappa shape index (κ3) is 37.4. The van der Waals surface area contributed by atoms with Crippen molar-refractivity contribution in [2.24, 2.45) is 5.92 Å². The highest BCUT2D eigenvalue weighted by atomic mass is 32.2. The Bertz CT molecular complexity index is 580. The van der Waals surface area contributed by atoms with E-state index in [1.165, 1.54) is 140 Å². The van der Waals surface area contributed by atoms with Crippen molar-refractivity contribution in [1.82, 2.24) is 0 Å². The number of thioether (sulfide) groups is 1. The molecule has 0 aliphatic rings. The minimum Gasteiger partial charge on any atom is -0.466 e. The first-order valence-electron chi connectivity index (χ1n) is 18.9. The van der Waals surface area contributed by atoms with Gasteiger partial charge in [-0.3, -0.25) is 9.59 Å². The average Bonchev–Trinajstić information content (AvgIpc) is 2.99. The monoisotopic (exact) mass is 627 g/mol. The van der Waals surface area contributed by atoms with Gasteiger partial charge in [0.15, 0.2) is 0 Å². The van der Waals surface area contributed by atoms with Crippen LogP contribution in [-0.2, 0) is 19.1 Å². The molecule has 0 unspecified atom stereocenters. The van der Waals surface area contributed by atoms with E-state index in [1.54, 1.807) is 0 Å². The predicted octanol–water partition coefficient (Wildman–Crippen LogP) is 12.4. The summed E-state index contributed by atoms with van der Waals surface area (Å²) in [6, 6.07) is 0. The highest BCUT2D eigenvalue weighted by Gasteiger charge is 2.04. The fourth-order valence-corrected chi connectivity index (χ4v) is 6.42. The molecule has 0 aliphatic heterocycles. The minimum absolute atomic E-state index is 0.00591. The third-order valence-electron chi connectivity index (χ3n) is 8.29. The molecular weight excluding hydrogens is 552 g/mol. The molecule has 0 bridgehead atoms. The molecule has 0 saturated heterocycles. The van der Waals surface area contributed by atoms with Crippen LogP contribution in [0, 0.1) is 5.92 Å². The Hall–Kier alpha value is -0.710. The summed E-state index contributed by atoms with van der Waals surface area (Å²) in [6.07, 6.45) is 33.6. The quantitative estimate of drug-likeness (QED) is 0.0517. The second-order valence-electron chi connectivity index (χ2n) is 13.2. The largest absolute Gasteiger partial charge is 0.466 e. The molecule has 0 amide bonds. The van der Waals surface area contributed by atoms with E-state index in [9.17, 15) is 9.59 Å². The molecule has 0 atom stereocenters. The van der Waals surface area contributed by atoms with Crippen molar-refractivity contribution < 1.29 is 19.1 Å². The van der Waals surface area contributed by atoms with Gasteiger partial charge in [-0.1, -0.05) is 149 Å². The van der Waals surface area contributed by atoms with E-state index in [1.807, 2.05) is 11.8 Å². The van der Waals surface area contributed by atoms with E-state index in [2.05, 4.69) is 20.8 Å². The van der Waals surface area contributed by atoms with Gasteiger partial charge < -0.3 is 9.47 Å². The standard InChI is InChI=1S/C38H74O4S/c1-4-5-6-7-8-9-10-11-12-13-18-25-32-41-37(39)30-23-16-20-27-34-43-35-28-21-17-24-31-38(40)42-33-26-19-14-15-22-29-36(2)3/h36H,4-35H2,1-3H3. The van der Waals surface area contributed by atoms with Gasteiger partial charge in [0.25, 0.3) is 0 Å². The first-order valence-corrected chi connectivity index (χ1v) is 20.1. The Morgan fingerprint density at radius 1 is 0.465 bits per heavy atom. The van der Waals surface area contributed by atoms with Crippen molar-refractivity contribution in [3.63, 3.8) is 0 Å². The summed E-state index contributed by atoms with van der Waals surface area (Å²) in [4.78, 5) is 23.8. The molecule has 0 radical (unpaired) electrons. The molecule has 0 aromatic carbocycles. The van der Waals surface area contributed by atoms with Gasteiger partial charge in [-0.05, 0) is 55.9 Å². The minimum atomic E-state index is -0.0120. The molecule has 0 spiro atoms. The molecule has 0 aromatic heterocycles. The number of carbonyl (C=O) groups is 2. The number of esters is 2. The number of hydrogen-bond donors (Lipinski definition) is 0. The molecule has 0 N–H and O–H groups in total. The zero-order valence-corrected chi connectivity index (χ0v) is 30.1. The molecule has 0 aromatic rings. The molecule has 0 aliphatic carbocycles. The van der Waals surface area contributed by atoms with E-state index in [-0.39, 0.29) is 11.9 Å². The van der Waals surface area contributed by atoms with Crippen molar-refractivity contribution in [2.75, 3.05) is 24.7 Å². The number of hydrogen-bond acceptors (Lipinski definition) is 5.